The number of sulfonamides is 1. The molecule has 2 aromatic carbocycles. The number of carbonyl (C=O) groups is 1. The lowest BCUT2D eigenvalue weighted by Crippen LogP contribution is -2.36. The molecule has 26 heavy (non-hydrogen) atoms. The molecule has 0 aromatic heterocycles. The van der Waals surface area contributed by atoms with Gasteiger partial charge in [-0.25, -0.2) is 17.5 Å². The molecule has 0 fully saturated rings. The molecule has 1 atom stereocenters. The molecule has 2 rings (SSSR count). The Bertz CT molecular complexity index is 836. The molecule has 0 aliphatic heterocycles. The Balaban J connectivity index is 1.91. The predicted molar refractivity (Wildman–Crippen MR) is 104 cm³/mol. The third kappa shape index (κ3) is 5.57. The lowest BCUT2D eigenvalue weighted by atomic mass is 10.1. The van der Waals surface area contributed by atoms with E-state index in [1.807, 2.05) is 25.1 Å². The number of amides is 2. The molecule has 0 bridgehead atoms. The fraction of sp³-hybridized carbons (Fsp3) is 0.316. The molecule has 0 saturated heterocycles. The Morgan fingerprint density at radius 3 is 2.42 bits per heavy atom. The number of nitrogens with one attached hydrogen (secondary N) is 2. The van der Waals surface area contributed by atoms with Crippen molar-refractivity contribution in [3.05, 3.63) is 60.2 Å². The Hall–Kier alpha value is -2.38. The number of benzene rings is 2. The van der Waals surface area contributed by atoms with Gasteiger partial charge < -0.3 is 10.6 Å². The van der Waals surface area contributed by atoms with Crippen LogP contribution in [0.4, 0.5) is 10.5 Å². The Morgan fingerprint density at radius 1 is 1.08 bits per heavy atom. The molecular formula is C19H25N3O3S. The standard InChI is InChI=1S/C19H25N3O3S/c1-15(12-13-16-8-5-4-6-9-16)20-19(23)21-17-10-7-11-18(14-17)26(24,25)22(2)3/h4-11,14-15H,12-13H2,1-3H3,(H2,20,21,23)/t15-/m0/s1. The van der Waals surface area contributed by atoms with Crippen molar-refractivity contribution >= 4 is 21.7 Å². The molecule has 2 amide bonds. The van der Waals surface area contributed by atoms with Gasteiger partial charge in [-0.05, 0) is 43.5 Å². The van der Waals surface area contributed by atoms with E-state index in [4.69, 9.17) is 0 Å². The average molecular weight is 375 g/mol. The first-order chi connectivity index (χ1) is 12.3. The predicted octanol–water partition coefficient (Wildman–Crippen LogP) is 3.08. The van der Waals surface area contributed by atoms with Crippen molar-refractivity contribution < 1.29 is 13.2 Å². The number of rotatable bonds is 7. The monoisotopic (exact) mass is 375 g/mol. The second-order valence-corrected chi connectivity index (χ2v) is 8.49. The van der Waals surface area contributed by atoms with Crippen molar-refractivity contribution in [2.24, 2.45) is 0 Å². The normalized spacial score (nSPS) is 12.6. The fourth-order valence-electron chi connectivity index (χ4n) is 2.44. The largest absolute Gasteiger partial charge is 0.335 e. The van der Waals surface area contributed by atoms with Crippen LogP contribution in [0.25, 0.3) is 0 Å². The first-order valence-electron chi connectivity index (χ1n) is 8.43. The first kappa shape index (κ1) is 19.9. The zero-order valence-electron chi connectivity index (χ0n) is 15.3. The van der Waals surface area contributed by atoms with Crippen LogP contribution in [-0.2, 0) is 16.4 Å². The van der Waals surface area contributed by atoms with Crippen LogP contribution in [0, 0.1) is 0 Å². The molecule has 0 aliphatic rings. The van der Waals surface area contributed by atoms with E-state index in [0.717, 1.165) is 17.1 Å². The van der Waals surface area contributed by atoms with Gasteiger partial charge in [0.15, 0.2) is 0 Å². The van der Waals surface area contributed by atoms with Gasteiger partial charge in [-0.2, -0.15) is 0 Å². The van der Waals surface area contributed by atoms with Crippen LogP contribution in [0.3, 0.4) is 0 Å². The summed E-state index contributed by atoms with van der Waals surface area (Å²) >= 11 is 0. The quantitative estimate of drug-likeness (QED) is 0.781. The summed E-state index contributed by atoms with van der Waals surface area (Å²) in [5.74, 6) is 0. The summed E-state index contributed by atoms with van der Waals surface area (Å²) in [5.41, 5.74) is 1.66. The van der Waals surface area contributed by atoms with Crippen LogP contribution in [0.1, 0.15) is 18.9 Å². The zero-order chi connectivity index (χ0) is 19.2. The molecule has 0 spiro atoms. The molecule has 7 heteroatoms. The fourth-order valence-corrected chi connectivity index (χ4v) is 3.38. The van der Waals surface area contributed by atoms with E-state index in [2.05, 4.69) is 22.8 Å². The lowest BCUT2D eigenvalue weighted by Gasteiger charge is -2.16. The minimum absolute atomic E-state index is 0.0103. The van der Waals surface area contributed by atoms with Crippen LogP contribution >= 0.6 is 0 Å². The minimum atomic E-state index is -3.54. The summed E-state index contributed by atoms with van der Waals surface area (Å²) in [6.07, 6.45) is 1.69. The van der Waals surface area contributed by atoms with E-state index in [1.165, 1.54) is 31.8 Å². The zero-order valence-corrected chi connectivity index (χ0v) is 16.1. The maximum absolute atomic E-state index is 12.2. The minimum Gasteiger partial charge on any atom is -0.335 e. The number of aryl methyl sites for hydroxylation is 1. The highest BCUT2D eigenvalue weighted by Gasteiger charge is 2.17. The highest BCUT2D eigenvalue weighted by Crippen LogP contribution is 2.18. The molecular weight excluding hydrogens is 350 g/mol. The van der Waals surface area contributed by atoms with Gasteiger partial charge in [0.05, 0.1) is 4.90 Å². The van der Waals surface area contributed by atoms with Crippen LogP contribution in [0.15, 0.2) is 59.5 Å². The summed E-state index contributed by atoms with van der Waals surface area (Å²) in [4.78, 5) is 12.3. The molecule has 0 radical (unpaired) electrons. The highest BCUT2D eigenvalue weighted by molar-refractivity contribution is 7.89. The summed E-state index contributed by atoms with van der Waals surface area (Å²) in [6.45, 7) is 1.94. The SMILES string of the molecule is C[C@@H](CCc1ccccc1)NC(=O)Nc1cccc(S(=O)(=O)N(C)C)c1. The van der Waals surface area contributed by atoms with Crippen molar-refractivity contribution in [3.8, 4) is 0 Å². The van der Waals surface area contributed by atoms with E-state index in [0.29, 0.717) is 5.69 Å². The highest BCUT2D eigenvalue weighted by atomic mass is 32.2. The number of carbonyl (C=O) groups excluding carboxylic acids is 1. The number of hydrogen-bond acceptors (Lipinski definition) is 3. The van der Waals surface area contributed by atoms with Gasteiger partial charge in [0.2, 0.25) is 10.0 Å². The average Bonchev–Trinajstić information content (AvgIpc) is 2.61. The molecule has 0 saturated carbocycles. The van der Waals surface area contributed by atoms with Gasteiger partial charge in [-0.3, -0.25) is 0 Å². The van der Waals surface area contributed by atoms with Crippen molar-refractivity contribution in [2.75, 3.05) is 19.4 Å². The molecule has 0 unspecified atom stereocenters. The van der Waals surface area contributed by atoms with Crippen molar-refractivity contribution in [1.82, 2.24) is 9.62 Å². The van der Waals surface area contributed by atoms with Gasteiger partial charge in [-0.15, -0.1) is 0 Å². The molecule has 0 heterocycles. The third-order valence-electron chi connectivity index (χ3n) is 3.96. The number of hydrogen-bond donors (Lipinski definition) is 2. The van der Waals surface area contributed by atoms with Crippen LogP contribution in [-0.4, -0.2) is 38.9 Å². The number of anilines is 1. The van der Waals surface area contributed by atoms with Crippen molar-refractivity contribution in [1.29, 1.82) is 0 Å². The number of urea groups is 1. The van der Waals surface area contributed by atoms with Gasteiger partial charge >= 0.3 is 6.03 Å². The summed E-state index contributed by atoms with van der Waals surface area (Å²) in [5, 5.41) is 5.56. The van der Waals surface area contributed by atoms with Gasteiger partial charge in [0.25, 0.3) is 0 Å². The Labute approximate surface area is 155 Å². The van der Waals surface area contributed by atoms with E-state index in [-0.39, 0.29) is 17.0 Å². The number of nitrogens with zero attached hydrogens (tertiary/aromatic N) is 1. The van der Waals surface area contributed by atoms with Crippen LogP contribution in [0.5, 0.6) is 0 Å². The Kier molecular flexibility index (Phi) is 6.76. The molecule has 0 aliphatic carbocycles. The Morgan fingerprint density at radius 2 is 1.77 bits per heavy atom. The van der Waals surface area contributed by atoms with Crippen LogP contribution < -0.4 is 10.6 Å². The third-order valence-corrected chi connectivity index (χ3v) is 5.77. The summed E-state index contributed by atoms with van der Waals surface area (Å²) < 4.78 is 25.5. The maximum atomic E-state index is 12.2. The van der Waals surface area contributed by atoms with Crippen molar-refractivity contribution in [2.45, 2.75) is 30.7 Å². The molecule has 2 aromatic rings. The molecule has 2 N–H and O–H groups in total. The van der Waals surface area contributed by atoms with Crippen molar-refractivity contribution in [3.63, 3.8) is 0 Å². The topological polar surface area (TPSA) is 78.5 Å². The van der Waals surface area contributed by atoms with Gasteiger partial charge in [0.1, 0.15) is 0 Å². The summed E-state index contributed by atoms with van der Waals surface area (Å²) in [7, 11) is -0.598. The maximum Gasteiger partial charge on any atom is 0.319 e. The molecule has 140 valence electrons. The summed E-state index contributed by atoms with van der Waals surface area (Å²) in [6, 6.07) is 15.9. The van der Waals surface area contributed by atoms with Crippen LogP contribution in [0.2, 0.25) is 0 Å². The van der Waals surface area contributed by atoms with E-state index in [9.17, 15) is 13.2 Å². The second kappa shape index (κ2) is 8.82. The smallest absolute Gasteiger partial charge is 0.319 e. The van der Waals surface area contributed by atoms with E-state index >= 15 is 0 Å². The first-order valence-corrected chi connectivity index (χ1v) is 9.87. The van der Waals surface area contributed by atoms with E-state index in [1.54, 1.807) is 12.1 Å². The lowest BCUT2D eigenvalue weighted by molar-refractivity contribution is 0.248. The molecule has 6 nitrogen and oxygen atoms in total. The van der Waals surface area contributed by atoms with Gasteiger partial charge in [0, 0.05) is 25.8 Å². The second-order valence-electron chi connectivity index (χ2n) is 6.34. The van der Waals surface area contributed by atoms with Gasteiger partial charge in [-0.1, -0.05) is 36.4 Å². The van der Waals surface area contributed by atoms with E-state index < -0.39 is 10.0 Å².